The third-order valence-electron chi connectivity index (χ3n) is 13.7. The first kappa shape index (κ1) is 38.2. The molecule has 2 amide bonds. The fourth-order valence-electron chi connectivity index (χ4n) is 9.82. The van der Waals surface area contributed by atoms with Crippen molar-refractivity contribution in [3.63, 3.8) is 0 Å². The third kappa shape index (κ3) is 7.13. The van der Waals surface area contributed by atoms with E-state index in [0.717, 1.165) is 68.5 Å². The average Bonchev–Trinajstić information content (AvgIpc) is 3.92. The largest absolute Gasteiger partial charge is 0.490 e. The summed E-state index contributed by atoms with van der Waals surface area (Å²) >= 11 is 6.49. The fourth-order valence-corrected chi connectivity index (χ4v) is 11.3. The number of fused-ring (bicyclic) bond motifs is 4. The number of methoxy groups -OCH3 is 1. The zero-order valence-corrected chi connectivity index (χ0v) is 33.5. The summed E-state index contributed by atoms with van der Waals surface area (Å²) in [5.74, 6) is 0.0609. The standard InChI is InChI=1S/C42H56ClN3O6S/c1-6-17-41(20-21-41)45(4)38(47)24-42(51-5)19-7-9-28(2)29(3)53(49,50)44-39(48)31-12-16-37-36(23-31)46(25-32-11-14-35(32)42)26-40(27-52-37)18-8-10-30-22-33(43)13-15-34(30)40/h7,12-13,15-16,19,22-23,28-29,32,35H,6,8-11,14,17-18,20-21,24-27H2,1-5H3,(H,44,48)/b19-7+/t28-,29+,32-,35+,40-,42+/m0/s1. The number of ether oxygens (including phenoxy) is 2. The second-order valence-electron chi connectivity index (χ2n) is 16.8. The van der Waals surface area contributed by atoms with Gasteiger partial charge in [0.05, 0.1) is 29.6 Å². The lowest BCUT2D eigenvalue weighted by Crippen LogP contribution is -2.55. The number of hydrogen-bond donors (Lipinski definition) is 1. The van der Waals surface area contributed by atoms with Gasteiger partial charge in [0.15, 0.2) is 0 Å². The van der Waals surface area contributed by atoms with E-state index in [9.17, 15) is 18.0 Å². The van der Waals surface area contributed by atoms with Gasteiger partial charge in [0.25, 0.3) is 5.91 Å². The van der Waals surface area contributed by atoms with Gasteiger partial charge in [0.2, 0.25) is 15.9 Å². The van der Waals surface area contributed by atoms with E-state index in [1.165, 1.54) is 11.1 Å². The average molecular weight is 766 g/mol. The first-order valence-corrected chi connectivity index (χ1v) is 21.5. The van der Waals surface area contributed by atoms with Crippen LogP contribution in [0.5, 0.6) is 5.75 Å². The number of nitrogens with zero attached hydrogens (tertiary/aromatic N) is 2. The van der Waals surface area contributed by atoms with Crippen LogP contribution in [0.25, 0.3) is 0 Å². The van der Waals surface area contributed by atoms with Crippen LogP contribution in [0.1, 0.15) is 106 Å². The number of carbonyl (C=O) groups is 2. The maximum atomic E-state index is 14.2. The number of benzene rings is 2. The normalized spacial score (nSPS) is 32.2. The van der Waals surface area contributed by atoms with Gasteiger partial charge in [0, 0.05) is 48.8 Å². The summed E-state index contributed by atoms with van der Waals surface area (Å²) in [5.41, 5.74) is 2.29. The van der Waals surface area contributed by atoms with Gasteiger partial charge in [-0.05, 0) is 124 Å². The van der Waals surface area contributed by atoms with Crippen molar-refractivity contribution in [2.45, 2.75) is 113 Å². The van der Waals surface area contributed by atoms with Crippen LogP contribution in [0.4, 0.5) is 5.69 Å². The molecule has 2 aliphatic heterocycles. The highest BCUT2D eigenvalue weighted by Crippen LogP contribution is 2.51. The Morgan fingerprint density at radius 2 is 1.92 bits per heavy atom. The Bertz CT molecular complexity index is 1880. The monoisotopic (exact) mass is 765 g/mol. The maximum Gasteiger partial charge on any atom is 0.264 e. The Hall–Kier alpha value is -3.08. The Labute approximate surface area is 320 Å². The molecule has 2 bridgehead atoms. The molecule has 1 N–H and O–H groups in total. The first-order valence-electron chi connectivity index (χ1n) is 19.6. The summed E-state index contributed by atoms with van der Waals surface area (Å²) in [4.78, 5) is 32.2. The number of hydrogen-bond acceptors (Lipinski definition) is 7. The lowest BCUT2D eigenvalue weighted by Gasteiger charge is -2.51. The number of anilines is 1. The highest BCUT2D eigenvalue weighted by Gasteiger charge is 2.53. The van der Waals surface area contributed by atoms with Gasteiger partial charge in [0.1, 0.15) is 5.75 Å². The van der Waals surface area contributed by atoms with E-state index in [-0.39, 0.29) is 46.6 Å². The van der Waals surface area contributed by atoms with Crippen molar-refractivity contribution in [3.8, 4) is 5.75 Å². The molecule has 7 rings (SSSR count). The maximum absolute atomic E-state index is 14.2. The fraction of sp³-hybridized carbons (Fsp3) is 0.619. The van der Waals surface area contributed by atoms with E-state index in [1.54, 1.807) is 26.2 Å². The molecule has 5 aliphatic rings. The molecule has 0 saturated heterocycles. The molecule has 11 heteroatoms. The summed E-state index contributed by atoms with van der Waals surface area (Å²) in [6, 6.07) is 11.5. The molecule has 1 spiro atoms. The summed E-state index contributed by atoms with van der Waals surface area (Å²) in [6.07, 6.45) is 13.6. The Morgan fingerprint density at radius 1 is 1.13 bits per heavy atom. The SMILES string of the molecule is CCCC1(N(C)C(=O)C[C@]2(OC)/C=C/C[C@H](C)[C@@H](C)S(=O)(=O)NC(=O)c3ccc4c(c3)N(C[C@@H]3CC[C@H]32)C[C@@]2(CCCc3cc(Cl)ccc32)CO4)CC1. The second kappa shape index (κ2) is 14.5. The van der Waals surface area contributed by atoms with Gasteiger partial charge >= 0.3 is 0 Å². The van der Waals surface area contributed by atoms with Gasteiger partial charge in [-0.1, -0.05) is 50.1 Å². The molecule has 6 atom stereocenters. The molecule has 2 aromatic rings. The van der Waals surface area contributed by atoms with Gasteiger partial charge in [-0.25, -0.2) is 13.1 Å². The number of allylic oxidation sites excluding steroid dienone is 1. The lowest BCUT2D eigenvalue weighted by molar-refractivity contribution is -0.144. The van der Waals surface area contributed by atoms with Crippen LogP contribution in [-0.2, 0) is 31.4 Å². The summed E-state index contributed by atoms with van der Waals surface area (Å²) in [7, 11) is -0.333. The minimum absolute atomic E-state index is 0.0549. The van der Waals surface area contributed by atoms with Crippen molar-refractivity contribution in [1.82, 2.24) is 9.62 Å². The topological polar surface area (TPSA) is 105 Å². The van der Waals surface area contributed by atoms with Crippen molar-refractivity contribution in [1.29, 1.82) is 0 Å². The summed E-state index contributed by atoms with van der Waals surface area (Å²) < 4.78 is 42.8. The predicted octanol–water partition coefficient (Wildman–Crippen LogP) is 7.45. The number of carbonyl (C=O) groups excluding carboxylic acids is 2. The van der Waals surface area contributed by atoms with Crippen molar-refractivity contribution >= 4 is 39.1 Å². The molecule has 9 nitrogen and oxygen atoms in total. The first-order chi connectivity index (χ1) is 25.3. The van der Waals surface area contributed by atoms with E-state index < -0.39 is 26.8 Å². The van der Waals surface area contributed by atoms with E-state index in [0.29, 0.717) is 31.9 Å². The van der Waals surface area contributed by atoms with Crippen molar-refractivity contribution in [3.05, 3.63) is 70.3 Å². The van der Waals surface area contributed by atoms with E-state index in [1.807, 2.05) is 37.1 Å². The smallest absolute Gasteiger partial charge is 0.264 e. The molecule has 0 radical (unpaired) electrons. The Kier molecular flexibility index (Phi) is 10.5. The third-order valence-corrected chi connectivity index (χ3v) is 15.8. The van der Waals surface area contributed by atoms with Crippen LogP contribution in [-0.4, -0.2) is 75.4 Å². The van der Waals surface area contributed by atoms with Crippen molar-refractivity contribution in [2.24, 2.45) is 17.8 Å². The van der Waals surface area contributed by atoms with Crippen molar-refractivity contribution < 1.29 is 27.5 Å². The number of nitrogens with one attached hydrogen (secondary N) is 1. The Balaban J connectivity index is 1.31. The molecular weight excluding hydrogens is 710 g/mol. The molecule has 2 heterocycles. The Morgan fingerprint density at radius 3 is 2.62 bits per heavy atom. The van der Waals surface area contributed by atoms with E-state index >= 15 is 0 Å². The second-order valence-corrected chi connectivity index (χ2v) is 19.3. The van der Waals surface area contributed by atoms with Crippen LogP contribution in [0, 0.1) is 17.8 Å². The highest BCUT2D eigenvalue weighted by molar-refractivity contribution is 7.90. The molecule has 0 unspecified atom stereocenters. The number of aryl methyl sites for hydroxylation is 1. The minimum atomic E-state index is -4.01. The van der Waals surface area contributed by atoms with Crippen LogP contribution in [0.15, 0.2) is 48.6 Å². The van der Waals surface area contributed by atoms with Crippen LogP contribution in [0.3, 0.4) is 0 Å². The molecular formula is C42H56ClN3O6S. The quantitative estimate of drug-likeness (QED) is 0.305. The zero-order chi connectivity index (χ0) is 37.8. The van der Waals surface area contributed by atoms with Gasteiger partial charge < -0.3 is 19.3 Å². The van der Waals surface area contributed by atoms with Crippen LogP contribution >= 0.6 is 11.6 Å². The number of amides is 2. The molecule has 2 saturated carbocycles. The van der Waals surface area contributed by atoms with Gasteiger partial charge in [-0.15, -0.1) is 0 Å². The number of sulfonamides is 1. The number of rotatable bonds is 6. The summed E-state index contributed by atoms with van der Waals surface area (Å²) in [5, 5.41) is -0.115. The van der Waals surface area contributed by atoms with Gasteiger partial charge in [-0.3, -0.25) is 9.59 Å². The van der Waals surface area contributed by atoms with Crippen molar-refractivity contribution in [2.75, 3.05) is 38.8 Å². The molecule has 2 aromatic carbocycles. The molecule has 0 aromatic heterocycles. The highest BCUT2D eigenvalue weighted by atomic mass is 35.5. The minimum Gasteiger partial charge on any atom is -0.490 e. The molecule has 3 aliphatic carbocycles. The van der Waals surface area contributed by atoms with E-state index in [4.69, 9.17) is 21.1 Å². The number of halogens is 1. The summed E-state index contributed by atoms with van der Waals surface area (Å²) in [6.45, 7) is 7.50. The predicted molar refractivity (Wildman–Crippen MR) is 209 cm³/mol. The van der Waals surface area contributed by atoms with Gasteiger partial charge in [-0.2, -0.15) is 0 Å². The van der Waals surface area contributed by atoms with Crippen LogP contribution < -0.4 is 14.4 Å². The lowest BCUT2D eigenvalue weighted by atomic mass is 9.62. The molecule has 53 heavy (non-hydrogen) atoms. The molecule has 2 fully saturated rings. The van der Waals surface area contributed by atoms with Crippen LogP contribution in [0.2, 0.25) is 5.02 Å². The molecule has 288 valence electrons. The van der Waals surface area contributed by atoms with E-state index in [2.05, 4.69) is 34.8 Å². The zero-order valence-electron chi connectivity index (χ0n) is 32.0.